The minimum Gasteiger partial charge on any atom is -0.384 e. The molecule has 0 radical (unpaired) electrons. The van der Waals surface area contributed by atoms with Crippen LogP contribution in [0, 0.1) is 5.92 Å². The Morgan fingerprint density at radius 3 is 2.94 bits per heavy atom. The van der Waals surface area contributed by atoms with Gasteiger partial charge in [0.1, 0.15) is 11.5 Å². The zero-order chi connectivity index (χ0) is 11.1. The van der Waals surface area contributed by atoms with Crippen LogP contribution in [0.5, 0.6) is 0 Å². The van der Waals surface area contributed by atoms with E-state index in [1.807, 2.05) is 4.90 Å². The predicted octanol–water partition coefficient (Wildman–Crippen LogP) is 1.29. The number of pyridine rings is 1. The highest BCUT2D eigenvalue weighted by Gasteiger charge is 2.40. The number of piperidine rings is 1. The van der Waals surface area contributed by atoms with Gasteiger partial charge in [-0.1, -0.05) is 6.07 Å². The third-order valence-electron chi connectivity index (χ3n) is 3.66. The lowest BCUT2D eigenvalue weighted by atomic mass is 10.1. The van der Waals surface area contributed by atoms with E-state index >= 15 is 0 Å². The summed E-state index contributed by atoms with van der Waals surface area (Å²) in [6.07, 6.45) is 3.60. The van der Waals surface area contributed by atoms with E-state index in [1.165, 1.54) is 12.8 Å². The average Bonchev–Trinajstić information content (AvgIpc) is 2.89. The van der Waals surface area contributed by atoms with Gasteiger partial charge in [-0.3, -0.25) is 4.79 Å². The molecule has 2 aliphatic rings. The molecule has 1 aromatic heterocycles. The Hall–Kier alpha value is -1.58. The van der Waals surface area contributed by atoms with E-state index in [0.717, 1.165) is 18.9 Å². The maximum atomic E-state index is 12.2. The first-order valence-electron chi connectivity index (χ1n) is 5.77. The molecule has 2 bridgehead atoms. The van der Waals surface area contributed by atoms with Crippen molar-refractivity contribution in [1.29, 1.82) is 0 Å². The van der Waals surface area contributed by atoms with Gasteiger partial charge in [-0.25, -0.2) is 4.98 Å². The summed E-state index contributed by atoms with van der Waals surface area (Å²) in [6, 6.07) is 5.67. The van der Waals surface area contributed by atoms with Gasteiger partial charge in [0.15, 0.2) is 0 Å². The van der Waals surface area contributed by atoms with Crippen molar-refractivity contribution in [3.63, 3.8) is 0 Å². The Labute approximate surface area is 94.5 Å². The van der Waals surface area contributed by atoms with Crippen molar-refractivity contribution >= 4 is 11.7 Å². The molecule has 2 fully saturated rings. The van der Waals surface area contributed by atoms with Crippen LogP contribution in [0.15, 0.2) is 18.2 Å². The van der Waals surface area contributed by atoms with Crippen LogP contribution in [0.1, 0.15) is 29.8 Å². The molecule has 1 aliphatic carbocycles. The van der Waals surface area contributed by atoms with Gasteiger partial charge in [0.25, 0.3) is 5.91 Å². The number of nitrogen functional groups attached to an aromatic ring is 1. The fourth-order valence-corrected chi connectivity index (χ4v) is 2.89. The highest BCUT2D eigenvalue weighted by molar-refractivity contribution is 5.93. The fraction of sp³-hybridized carbons (Fsp3) is 0.500. The summed E-state index contributed by atoms with van der Waals surface area (Å²) >= 11 is 0. The van der Waals surface area contributed by atoms with Crippen molar-refractivity contribution in [2.75, 3.05) is 12.3 Å². The number of nitrogens with zero attached hydrogens (tertiary/aromatic N) is 2. The topological polar surface area (TPSA) is 59.2 Å². The van der Waals surface area contributed by atoms with Crippen LogP contribution in [0.2, 0.25) is 0 Å². The Bertz CT molecular complexity index is 432. The molecule has 4 nitrogen and oxygen atoms in total. The Morgan fingerprint density at radius 1 is 1.44 bits per heavy atom. The third-order valence-corrected chi connectivity index (χ3v) is 3.66. The van der Waals surface area contributed by atoms with Gasteiger partial charge >= 0.3 is 0 Å². The van der Waals surface area contributed by atoms with Crippen molar-refractivity contribution in [1.82, 2.24) is 9.88 Å². The van der Waals surface area contributed by atoms with E-state index in [2.05, 4.69) is 4.98 Å². The van der Waals surface area contributed by atoms with Gasteiger partial charge in [0.05, 0.1) is 0 Å². The van der Waals surface area contributed by atoms with Gasteiger partial charge in [0, 0.05) is 12.6 Å². The molecule has 16 heavy (non-hydrogen) atoms. The normalized spacial score (nSPS) is 27.4. The second kappa shape index (κ2) is 3.47. The first kappa shape index (κ1) is 9.63. The number of carbonyl (C=O) groups is 1. The lowest BCUT2D eigenvalue weighted by Gasteiger charge is -2.26. The van der Waals surface area contributed by atoms with Gasteiger partial charge in [-0.15, -0.1) is 0 Å². The first-order valence-corrected chi connectivity index (χ1v) is 5.77. The van der Waals surface area contributed by atoms with Crippen molar-refractivity contribution in [3.05, 3.63) is 23.9 Å². The molecule has 84 valence electrons. The maximum Gasteiger partial charge on any atom is 0.272 e. The Morgan fingerprint density at radius 2 is 2.31 bits per heavy atom. The van der Waals surface area contributed by atoms with Crippen LogP contribution >= 0.6 is 0 Å². The van der Waals surface area contributed by atoms with E-state index in [9.17, 15) is 4.79 Å². The minimum absolute atomic E-state index is 0.0412. The number of aromatic nitrogens is 1. The van der Waals surface area contributed by atoms with Crippen LogP contribution in [0.4, 0.5) is 5.82 Å². The molecule has 2 atom stereocenters. The minimum atomic E-state index is 0.0412. The SMILES string of the molecule is Nc1cccc(C(=O)N2CC3CCC2C3)n1. The number of rotatable bonds is 1. The second-order valence-electron chi connectivity index (χ2n) is 4.74. The number of likely N-dealkylation sites (tertiary alicyclic amines) is 1. The van der Waals surface area contributed by atoms with E-state index < -0.39 is 0 Å². The number of hydrogen-bond donors (Lipinski definition) is 1. The summed E-state index contributed by atoms with van der Waals surface area (Å²) in [5, 5.41) is 0. The zero-order valence-electron chi connectivity index (χ0n) is 9.10. The molecule has 1 saturated carbocycles. The van der Waals surface area contributed by atoms with E-state index in [1.54, 1.807) is 18.2 Å². The van der Waals surface area contributed by atoms with Crippen molar-refractivity contribution in [3.8, 4) is 0 Å². The lowest BCUT2D eigenvalue weighted by molar-refractivity contribution is 0.0698. The molecule has 0 aromatic carbocycles. The molecular formula is C12H15N3O. The molecule has 2 heterocycles. The number of nitrogens with two attached hydrogens (primary N) is 1. The predicted molar refractivity (Wildman–Crippen MR) is 60.8 cm³/mol. The van der Waals surface area contributed by atoms with Crippen molar-refractivity contribution in [2.45, 2.75) is 25.3 Å². The standard InChI is InChI=1S/C12H15N3O/c13-11-3-1-2-10(14-11)12(16)15-7-8-4-5-9(15)6-8/h1-3,8-9H,4-7H2,(H2,13,14). The molecule has 1 amide bonds. The molecule has 1 aromatic rings. The van der Waals surface area contributed by atoms with E-state index in [-0.39, 0.29) is 5.91 Å². The van der Waals surface area contributed by atoms with E-state index in [4.69, 9.17) is 5.73 Å². The highest BCUT2D eigenvalue weighted by atomic mass is 16.2. The molecule has 2 N–H and O–H groups in total. The monoisotopic (exact) mass is 217 g/mol. The average molecular weight is 217 g/mol. The van der Waals surface area contributed by atoms with Gasteiger partial charge < -0.3 is 10.6 Å². The van der Waals surface area contributed by atoms with Crippen LogP contribution in [-0.4, -0.2) is 28.4 Å². The summed E-state index contributed by atoms with van der Waals surface area (Å²) in [5.41, 5.74) is 6.07. The number of carbonyl (C=O) groups excluding carboxylic acids is 1. The van der Waals surface area contributed by atoms with Gasteiger partial charge in [0.2, 0.25) is 0 Å². The largest absolute Gasteiger partial charge is 0.384 e. The Balaban J connectivity index is 1.83. The summed E-state index contributed by atoms with van der Waals surface area (Å²) in [6.45, 7) is 0.903. The summed E-state index contributed by atoms with van der Waals surface area (Å²) < 4.78 is 0. The second-order valence-corrected chi connectivity index (χ2v) is 4.74. The van der Waals surface area contributed by atoms with Crippen LogP contribution in [0.3, 0.4) is 0 Å². The highest BCUT2D eigenvalue weighted by Crippen LogP contribution is 2.37. The van der Waals surface area contributed by atoms with Crippen LogP contribution < -0.4 is 5.73 Å². The van der Waals surface area contributed by atoms with Crippen molar-refractivity contribution in [2.24, 2.45) is 5.92 Å². The third kappa shape index (κ3) is 1.45. The quantitative estimate of drug-likeness (QED) is 0.771. The molecule has 4 heteroatoms. The van der Waals surface area contributed by atoms with Crippen LogP contribution in [-0.2, 0) is 0 Å². The molecule has 3 rings (SSSR count). The Kier molecular flexibility index (Phi) is 2.09. The van der Waals surface area contributed by atoms with Gasteiger partial charge in [-0.2, -0.15) is 0 Å². The number of amides is 1. The zero-order valence-corrected chi connectivity index (χ0v) is 9.10. The maximum absolute atomic E-state index is 12.2. The smallest absolute Gasteiger partial charge is 0.272 e. The molecule has 1 aliphatic heterocycles. The summed E-state index contributed by atoms with van der Waals surface area (Å²) in [7, 11) is 0. The number of fused-ring (bicyclic) bond motifs is 2. The fourth-order valence-electron chi connectivity index (χ4n) is 2.89. The summed E-state index contributed by atoms with van der Waals surface area (Å²) in [4.78, 5) is 18.3. The van der Waals surface area contributed by atoms with Crippen molar-refractivity contribution < 1.29 is 4.79 Å². The summed E-state index contributed by atoms with van der Waals surface area (Å²) in [5.74, 6) is 1.17. The van der Waals surface area contributed by atoms with E-state index in [0.29, 0.717) is 17.6 Å². The molecular weight excluding hydrogens is 202 g/mol. The van der Waals surface area contributed by atoms with Gasteiger partial charge in [-0.05, 0) is 37.3 Å². The number of hydrogen-bond acceptors (Lipinski definition) is 3. The first-order chi connectivity index (χ1) is 7.74. The molecule has 0 spiro atoms. The molecule has 1 saturated heterocycles. The van der Waals surface area contributed by atoms with Crippen LogP contribution in [0.25, 0.3) is 0 Å². The lowest BCUT2D eigenvalue weighted by Crippen LogP contribution is -2.38. The molecule has 2 unspecified atom stereocenters. The number of anilines is 1.